The van der Waals surface area contributed by atoms with Gasteiger partial charge in [-0.1, -0.05) is 11.8 Å². The average molecular weight is 609 g/mol. The highest BCUT2D eigenvalue weighted by Crippen LogP contribution is 2.62. The molecule has 1 N–H and O–H groups in total. The molecule has 0 heterocycles. The van der Waals surface area contributed by atoms with Gasteiger partial charge in [0.2, 0.25) is 0 Å². The summed E-state index contributed by atoms with van der Waals surface area (Å²) in [5.74, 6) is 8.79. The molecule has 6 rings (SSSR count). The topological polar surface area (TPSA) is 102 Å². The van der Waals surface area contributed by atoms with Crippen molar-refractivity contribution >= 4 is 5.97 Å². The zero-order valence-corrected chi connectivity index (χ0v) is 26.3. The van der Waals surface area contributed by atoms with E-state index in [0.717, 1.165) is 24.8 Å². The molecule has 3 unspecified atom stereocenters. The molecule has 0 saturated heterocycles. The van der Waals surface area contributed by atoms with Crippen LogP contribution in [0.1, 0.15) is 85.5 Å². The van der Waals surface area contributed by atoms with Crippen LogP contribution in [-0.2, 0) is 29.1 Å². The van der Waals surface area contributed by atoms with Crippen LogP contribution < -0.4 is 9.47 Å². The maximum atomic E-state index is 11.8. The van der Waals surface area contributed by atoms with Gasteiger partial charge in [0.1, 0.15) is 17.6 Å². The molecule has 9 nitrogen and oxygen atoms in total. The smallest absolute Gasteiger partial charge is 0.337 e. The van der Waals surface area contributed by atoms with Crippen molar-refractivity contribution in [1.29, 1.82) is 0 Å². The molecule has 4 aliphatic rings. The van der Waals surface area contributed by atoms with Crippen molar-refractivity contribution in [3.8, 4) is 23.3 Å². The van der Waals surface area contributed by atoms with Crippen LogP contribution in [0.15, 0.2) is 36.4 Å². The SMILES string of the molecule is COC(=O)c1ccc(C#CC(O)c2cc(C34CC5CC(CC(C5)C3)C4)c(OCOC(C)OC)cc2OCOC(C)OC)cc1. The Labute approximate surface area is 260 Å². The van der Waals surface area contributed by atoms with Crippen LogP contribution in [0.4, 0.5) is 0 Å². The van der Waals surface area contributed by atoms with E-state index in [-0.39, 0.29) is 19.0 Å². The Kier molecular flexibility index (Phi) is 10.5. The maximum Gasteiger partial charge on any atom is 0.337 e. The molecule has 4 fully saturated rings. The summed E-state index contributed by atoms with van der Waals surface area (Å²) in [6.07, 6.45) is 5.17. The van der Waals surface area contributed by atoms with E-state index in [0.29, 0.717) is 45.9 Å². The number of benzene rings is 2. The minimum Gasteiger partial charge on any atom is -0.467 e. The third kappa shape index (κ3) is 7.39. The first-order chi connectivity index (χ1) is 21.2. The highest BCUT2D eigenvalue weighted by Gasteiger charge is 2.52. The molecule has 44 heavy (non-hydrogen) atoms. The first-order valence-electron chi connectivity index (χ1n) is 15.3. The van der Waals surface area contributed by atoms with E-state index in [4.69, 9.17) is 33.2 Å². The van der Waals surface area contributed by atoms with Gasteiger partial charge in [-0.25, -0.2) is 4.79 Å². The van der Waals surface area contributed by atoms with Gasteiger partial charge in [-0.3, -0.25) is 0 Å². The van der Waals surface area contributed by atoms with E-state index in [2.05, 4.69) is 11.8 Å². The van der Waals surface area contributed by atoms with Gasteiger partial charge in [0.15, 0.2) is 26.2 Å². The standard InChI is InChI=1S/C35H44O9/c1-22(38-3)41-20-43-32-16-33(44-21-42-23(2)39-4)30(35-17-25-12-26(18-35)14-27(13-25)19-35)15-29(32)31(36)11-8-24-6-9-28(10-7-24)34(37)40-5/h6-7,9-10,15-16,22-23,25-27,31,36H,12-14,17-21H2,1-5H3. The molecule has 0 aliphatic heterocycles. The van der Waals surface area contributed by atoms with Crippen LogP contribution >= 0.6 is 0 Å². The highest BCUT2D eigenvalue weighted by atomic mass is 16.8. The van der Waals surface area contributed by atoms with Gasteiger partial charge in [0.05, 0.1) is 12.7 Å². The van der Waals surface area contributed by atoms with E-state index in [1.54, 1.807) is 45.4 Å². The van der Waals surface area contributed by atoms with Crippen LogP contribution in [0.2, 0.25) is 0 Å². The zero-order chi connectivity index (χ0) is 31.3. The van der Waals surface area contributed by atoms with E-state index >= 15 is 0 Å². The van der Waals surface area contributed by atoms with E-state index < -0.39 is 24.7 Å². The number of ether oxygens (including phenoxy) is 7. The van der Waals surface area contributed by atoms with Crippen LogP contribution in [0.5, 0.6) is 11.5 Å². The number of esters is 1. The molecule has 4 aliphatic carbocycles. The summed E-state index contributed by atoms with van der Waals surface area (Å²) >= 11 is 0. The fourth-order valence-electron chi connectivity index (χ4n) is 7.45. The largest absolute Gasteiger partial charge is 0.467 e. The summed E-state index contributed by atoms with van der Waals surface area (Å²) in [5.41, 5.74) is 2.66. The summed E-state index contributed by atoms with van der Waals surface area (Å²) in [6.45, 7) is 3.50. The van der Waals surface area contributed by atoms with Crippen molar-refractivity contribution < 1.29 is 43.1 Å². The second kappa shape index (κ2) is 14.3. The second-order valence-corrected chi connectivity index (χ2v) is 12.3. The molecule has 0 aromatic heterocycles. The van der Waals surface area contributed by atoms with Gasteiger partial charge >= 0.3 is 5.97 Å². The fraction of sp³-hybridized carbons (Fsp3) is 0.571. The Balaban J connectivity index is 1.51. The first-order valence-corrected chi connectivity index (χ1v) is 15.3. The van der Waals surface area contributed by atoms with Crippen molar-refractivity contribution in [2.75, 3.05) is 34.9 Å². The van der Waals surface area contributed by atoms with E-state index in [9.17, 15) is 9.90 Å². The molecular formula is C35H44O9. The third-order valence-corrected chi connectivity index (χ3v) is 9.37. The lowest BCUT2D eigenvalue weighted by Gasteiger charge is -2.57. The molecule has 2 aromatic rings. The summed E-state index contributed by atoms with van der Waals surface area (Å²) < 4.78 is 38.9. The second-order valence-electron chi connectivity index (χ2n) is 12.3. The summed E-state index contributed by atoms with van der Waals surface area (Å²) in [6, 6.07) is 10.6. The Hall–Kier alpha value is -3.13. The Morgan fingerprint density at radius 1 is 0.864 bits per heavy atom. The quantitative estimate of drug-likeness (QED) is 0.174. The Bertz CT molecular complexity index is 1310. The number of methoxy groups -OCH3 is 3. The van der Waals surface area contributed by atoms with Crippen molar-refractivity contribution in [3.63, 3.8) is 0 Å². The number of hydrogen-bond donors (Lipinski definition) is 1. The number of hydrogen-bond acceptors (Lipinski definition) is 9. The molecule has 0 amide bonds. The summed E-state index contributed by atoms with van der Waals surface area (Å²) in [7, 11) is 4.48. The minimum absolute atomic E-state index is 0.00823. The first kappa shape index (κ1) is 32.3. The van der Waals surface area contributed by atoms with Crippen LogP contribution in [0.3, 0.4) is 0 Å². The Morgan fingerprint density at radius 3 is 1.93 bits per heavy atom. The average Bonchev–Trinajstić information content (AvgIpc) is 3.02. The minimum atomic E-state index is -1.16. The summed E-state index contributed by atoms with van der Waals surface area (Å²) in [5, 5.41) is 11.5. The lowest BCUT2D eigenvalue weighted by atomic mass is 9.48. The molecule has 3 atom stereocenters. The van der Waals surface area contributed by atoms with E-state index in [1.165, 1.54) is 26.4 Å². The zero-order valence-electron chi connectivity index (χ0n) is 26.3. The van der Waals surface area contributed by atoms with Gasteiger partial charge in [0, 0.05) is 37.0 Å². The monoisotopic (exact) mass is 608 g/mol. The molecule has 4 bridgehead atoms. The number of carbonyl (C=O) groups is 1. The van der Waals surface area contributed by atoms with Gasteiger partial charge in [-0.2, -0.15) is 0 Å². The molecule has 2 aromatic carbocycles. The van der Waals surface area contributed by atoms with Crippen molar-refractivity contribution in [1.82, 2.24) is 0 Å². The number of rotatable bonds is 13. The van der Waals surface area contributed by atoms with Crippen molar-refractivity contribution in [2.24, 2.45) is 17.8 Å². The number of aliphatic hydroxyl groups is 1. The predicted octanol–water partition coefficient (Wildman–Crippen LogP) is 5.72. The third-order valence-electron chi connectivity index (χ3n) is 9.37. The van der Waals surface area contributed by atoms with Gasteiger partial charge in [-0.05, 0) is 106 Å². The highest BCUT2D eigenvalue weighted by molar-refractivity contribution is 5.89. The molecule has 0 radical (unpaired) electrons. The fourth-order valence-corrected chi connectivity index (χ4v) is 7.45. The van der Waals surface area contributed by atoms with Gasteiger partial charge in [-0.15, -0.1) is 0 Å². The Morgan fingerprint density at radius 2 is 1.41 bits per heavy atom. The lowest BCUT2D eigenvalue weighted by Crippen LogP contribution is -2.48. The normalized spacial score (nSPS) is 25.5. The molecule has 238 valence electrons. The van der Waals surface area contributed by atoms with Crippen molar-refractivity contribution in [2.45, 2.75) is 76.5 Å². The van der Waals surface area contributed by atoms with Crippen LogP contribution in [0.25, 0.3) is 0 Å². The van der Waals surface area contributed by atoms with Gasteiger partial charge in [0.25, 0.3) is 0 Å². The molecular weight excluding hydrogens is 564 g/mol. The summed E-state index contributed by atoms with van der Waals surface area (Å²) in [4.78, 5) is 11.8. The van der Waals surface area contributed by atoms with Crippen molar-refractivity contribution in [3.05, 3.63) is 58.7 Å². The number of aliphatic hydroxyl groups excluding tert-OH is 1. The van der Waals surface area contributed by atoms with E-state index in [1.807, 2.05) is 19.1 Å². The lowest BCUT2D eigenvalue weighted by molar-refractivity contribution is -0.151. The maximum absolute atomic E-state index is 11.8. The molecule has 4 saturated carbocycles. The van der Waals surface area contributed by atoms with Crippen LogP contribution in [0, 0.1) is 29.6 Å². The van der Waals surface area contributed by atoms with Crippen LogP contribution in [-0.4, -0.2) is 58.6 Å². The molecule has 9 heteroatoms. The van der Waals surface area contributed by atoms with Gasteiger partial charge < -0.3 is 38.3 Å². The molecule has 0 spiro atoms. The predicted molar refractivity (Wildman–Crippen MR) is 162 cm³/mol. The number of carbonyl (C=O) groups excluding carboxylic acids is 1.